The smallest absolute Gasteiger partial charge is 0.450 e. The summed E-state index contributed by atoms with van der Waals surface area (Å²) in [7, 11) is 0. The van der Waals surface area contributed by atoms with E-state index < -0.39 is 35.7 Å². The van der Waals surface area contributed by atoms with Crippen LogP contribution >= 0.6 is 0 Å². The molecule has 2 aromatic carbocycles. The molecule has 0 saturated carbocycles. The summed E-state index contributed by atoms with van der Waals surface area (Å²) in [6.45, 7) is 3.54. The van der Waals surface area contributed by atoms with E-state index in [4.69, 9.17) is 4.74 Å². The number of alkyl halides is 3. The van der Waals surface area contributed by atoms with E-state index in [9.17, 15) is 33.0 Å². The fraction of sp³-hybridized carbons (Fsp3) is 0.333. The number of urea groups is 1. The van der Waals surface area contributed by atoms with Crippen molar-refractivity contribution in [2.24, 2.45) is 5.92 Å². The second-order valence-electron chi connectivity index (χ2n) is 7.21. The molecule has 4 N–H and O–H groups in total. The van der Waals surface area contributed by atoms with E-state index in [1.54, 1.807) is 26.0 Å². The predicted octanol–water partition coefficient (Wildman–Crippen LogP) is 3.05. The van der Waals surface area contributed by atoms with Crippen molar-refractivity contribution in [3.63, 3.8) is 0 Å². The summed E-state index contributed by atoms with van der Waals surface area (Å²) in [4.78, 5) is 24.8. The number of rotatable bonds is 5. The molecule has 1 aliphatic rings. The topological polar surface area (TPSA) is 108 Å². The minimum absolute atomic E-state index is 0.0372. The average molecular weight is 438 g/mol. The molecule has 166 valence electrons. The number of hydrogen-bond acceptors (Lipinski definition) is 5. The molecule has 1 fully saturated rings. The van der Waals surface area contributed by atoms with Gasteiger partial charge in [-0.1, -0.05) is 35.9 Å². The number of benzene rings is 2. The lowest BCUT2D eigenvalue weighted by Gasteiger charge is -2.45. The molecular weight excluding hydrogens is 417 g/mol. The molecule has 1 aliphatic heterocycles. The van der Waals surface area contributed by atoms with E-state index in [-0.39, 0.29) is 29.2 Å². The van der Waals surface area contributed by atoms with Crippen molar-refractivity contribution in [1.82, 2.24) is 10.6 Å². The zero-order chi connectivity index (χ0) is 23.0. The molecule has 0 unspecified atom stereocenters. The van der Waals surface area contributed by atoms with Crippen molar-refractivity contribution in [2.45, 2.75) is 31.8 Å². The Labute approximate surface area is 175 Å². The van der Waals surface area contributed by atoms with Crippen molar-refractivity contribution in [1.29, 1.82) is 0 Å². The fourth-order valence-electron chi connectivity index (χ4n) is 3.60. The first-order valence-electron chi connectivity index (χ1n) is 9.42. The Morgan fingerprint density at radius 1 is 1.19 bits per heavy atom. The van der Waals surface area contributed by atoms with Crippen LogP contribution in [0.5, 0.6) is 11.5 Å². The van der Waals surface area contributed by atoms with Crippen molar-refractivity contribution in [2.75, 3.05) is 6.61 Å². The van der Waals surface area contributed by atoms with Gasteiger partial charge in [-0.25, -0.2) is 4.79 Å². The van der Waals surface area contributed by atoms with Crippen LogP contribution in [0.4, 0.5) is 18.0 Å². The number of Topliss-reactive ketones (excluding diaryl/α,β-unsaturated/α-hetero) is 1. The number of nitrogens with one attached hydrogen (secondary N) is 2. The van der Waals surface area contributed by atoms with Crippen LogP contribution in [-0.4, -0.2) is 34.8 Å². The molecule has 10 heteroatoms. The van der Waals surface area contributed by atoms with Gasteiger partial charge in [0.25, 0.3) is 0 Å². The maximum absolute atomic E-state index is 13.5. The SMILES string of the molecule is CCOc1cc([C@@H]2NC(=O)N[C@](O)(c3ccc(C)cc3)[C@@H]2C(=O)C(F)(F)F)ccc1O. The first kappa shape index (κ1) is 22.4. The third-order valence-electron chi connectivity index (χ3n) is 5.07. The summed E-state index contributed by atoms with van der Waals surface area (Å²) in [5.74, 6) is -4.69. The third kappa shape index (κ3) is 4.29. The van der Waals surface area contributed by atoms with Crippen LogP contribution in [0.3, 0.4) is 0 Å². The van der Waals surface area contributed by atoms with Gasteiger partial charge in [0.05, 0.1) is 12.6 Å². The number of aryl methyl sites for hydroxylation is 1. The number of aromatic hydroxyl groups is 1. The van der Waals surface area contributed by atoms with Crippen LogP contribution in [-0.2, 0) is 10.5 Å². The van der Waals surface area contributed by atoms with Crippen molar-refractivity contribution in [3.05, 3.63) is 59.2 Å². The predicted molar refractivity (Wildman–Crippen MR) is 103 cm³/mol. The minimum atomic E-state index is -5.29. The second-order valence-corrected chi connectivity index (χ2v) is 7.21. The molecule has 0 aliphatic carbocycles. The Morgan fingerprint density at radius 3 is 2.42 bits per heavy atom. The van der Waals surface area contributed by atoms with Gasteiger partial charge in [0.1, 0.15) is 5.92 Å². The Hall–Kier alpha value is -3.27. The average Bonchev–Trinajstić information content (AvgIpc) is 2.68. The highest BCUT2D eigenvalue weighted by Gasteiger charge is 2.59. The summed E-state index contributed by atoms with van der Waals surface area (Å²) in [5, 5.41) is 25.6. The zero-order valence-electron chi connectivity index (χ0n) is 16.7. The number of aliphatic hydroxyl groups is 1. The number of carbonyl (C=O) groups excluding carboxylic acids is 2. The molecular formula is C21H21F3N2O5. The molecule has 3 atom stereocenters. The summed E-state index contributed by atoms with van der Waals surface area (Å²) in [6, 6.07) is 6.89. The molecule has 0 spiro atoms. The first-order chi connectivity index (χ1) is 14.5. The lowest BCUT2D eigenvalue weighted by atomic mass is 9.76. The fourth-order valence-corrected chi connectivity index (χ4v) is 3.60. The van der Waals surface area contributed by atoms with E-state index in [0.717, 1.165) is 5.56 Å². The van der Waals surface area contributed by atoms with Gasteiger partial charge in [-0.3, -0.25) is 4.79 Å². The number of phenolic OH excluding ortho intramolecular Hbond substituents is 1. The van der Waals surface area contributed by atoms with Crippen LogP contribution < -0.4 is 15.4 Å². The van der Waals surface area contributed by atoms with Crippen LogP contribution in [0.25, 0.3) is 0 Å². The molecule has 2 amide bonds. The zero-order valence-corrected chi connectivity index (χ0v) is 16.7. The highest BCUT2D eigenvalue weighted by atomic mass is 19.4. The van der Waals surface area contributed by atoms with E-state index in [0.29, 0.717) is 0 Å². The molecule has 0 radical (unpaired) electrons. The van der Waals surface area contributed by atoms with Crippen molar-refractivity contribution < 1.29 is 37.7 Å². The summed E-state index contributed by atoms with van der Waals surface area (Å²) < 4.78 is 45.9. The molecule has 2 aromatic rings. The van der Waals surface area contributed by atoms with Gasteiger partial charge < -0.3 is 25.6 Å². The van der Waals surface area contributed by atoms with Crippen molar-refractivity contribution in [3.8, 4) is 11.5 Å². The quantitative estimate of drug-likeness (QED) is 0.574. The summed E-state index contributed by atoms with van der Waals surface area (Å²) >= 11 is 0. The number of halogens is 3. The number of hydrogen-bond donors (Lipinski definition) is 4. The van der Waals surface area contributed by atoms with Gasteiger partial charge in [-0.2, -0.15) is 13.2 Å². The van der Waals surface area contributed by atoms with Gasteiger partial charge in [-0.05, 0) is 31.5 Å². The van der Waals surface area contributed by atoms with E-state index in [1.165, 1.54) is 30.3 Å². The van der Waals surface area contributed by atoms with Gasteiger partial charge in [0.2, 0.25) is 5.78 Å². The van der Waals surface area contributed by atoms with E-state index in [1.807, 2.05) is 0 Å². The molecule has 1 heterocycles. The largest absolute Gasteiger partial charge is 0.504 e. The second kappa shape index (κ2) is 8.10. The summed E-state index contributed by atoms with van der Waals surface area (Å²) in [6.07, 6.45) is -5.29. The normalized spacial score (nSPS) is 23.6. The van der Waals surface area contributed by atoms with Gasteiger partial charge >= 0.3 is 12.2 Å². The highest BCUT2D eigenvalue weighted by molar-refractivity contribution is 5.91. The first-order valence-corrected chi connectivity index (χ1v) is 9.42. The minimum Gasteiger partial charge on any atom is -0.504 e. The Bertz CT molecular complexity index is 993. The van der Waals surface area contributed by atoms with E-state index >= 15 is 0 Å². The third-order valence-corrected chi connectivity index (χ3v) is 5.07. The van der Waals surface area contributed by atoms with Gasteiger partial charge in [0.15, 0.2) is 17.2 Å². The number of ketones is 1. The van der Waals surface area contributed by atoms with Gasteiger partial charge in [-0.15, -0.1) is 0 Å². The number of carbonyl (C=O) groups is 2. The standard InChI is InChI=1S/C21H21F3N2O5/c1-3-31-15-10-12(6-9-14(15)27)17-16(18(28)21(22,23)24)20(30,26-19(29)25-17)13-7-4-11(2)5-8-13/h4-10,16-17,27,30H,3H2,1-2H3,(H2,25,26,29)/t16-,17-,20-/m0/s1. The lowest BCUT2D eigenvalue weighted by Crippen LogP contribution is -2.66. The van der Waals surface area contributed by atoms with Crippen LogP contribution in [0.2, 0.25) is 0 Å². The summed E-state index contributed by atoms with van der Waals surface area (Å²) in [5.41, 5.74) is -1.91. The van der Waals surface area contributed by atoms with Crippen LogP contribution in [0, 0.1) is 12.8 Å². The molecule has 0 bridgehead atoms. The van der Waals surface area contributed by atoms with Gasteiger partial charge in [0, 0.05) is 5.56 Å². The number of amides is 2. The monoisotopic (exact) mass is 438 g/mol. The Morgan fingerprint density at radius 2 is 1.84 bits per heavy atom. The maximum Gasteiger partial charge on any atom is 0.450 e. The van der Waals surface area contributed by atoms with E-state index in [2.05, 4.69) is 10.6 Å². The number of ether oxygens (including phenoxy) is 1. The van der Waals surface area contributed by atoms with Crippen LogP contribution in [0.15, 0.2) is 42.5 Å². The van der Waals surface area contributed by atoms with Crippen molar-refractivity contribution >= 4 is 11.8 Å². The molecule has 0 aromatic heterocycles. The highest BCUT2D eigenvalue weighted by Crippen LogP contribution is 2.44. The lowest BCUT2D eigenvalue weighted by molar-refractivity contribution is -0.190. The maximum atomic E-state index is 13.5. The van der Waals surface area contributed by atoms with Crippen LogP contribution in [0.1, 0.15) is 29.7 Å². The Kier molecular flexibility index (Phi) is 5.86. The molecule has 1 saturated heterocycles. The molecule has 3 rings (SSSR count). The molecule has 7 nitrogen and oxygen atoms in total. The Balaban J connectivity index is 2.19. The number of phenols is 1. The molecule has 31 heavy (non-hydrogen) atoms.